The minimum absolute atomic E-state index is 0.0534. The summed E-state index contributed by atoms with van der Waals surface area (Å²) in [4.78, 5) is 14.2. The zero-order valence-corrected chi connectivity index (χ0v) is 12.5. The molecule has 0 spiro atoms. The first-order valence-electron chi connectivity index (χ1n) is 7.16. The number of rotatable bonds is 3. The van der Waals surface area contributed by atoms with Gasteiger partial charge in [0.2, 0.25) is 5.91 Å². The summed E-state index contributed by atoms with van der Waals surface area (Å²) in [5, 5.41) is 2.91. The van der Waals surface area contributed by atoms with Crippen LogP contribution in [0, 0.1) is 11.7 Å². The van der Waals surface area contributed by atoms with Gasteiger partial charge in [0.25, 0.3) is 0 Å². The topological polar surface area (TPSA) is 58.4 Å². The van der Waals surface area contributed by atoms with E-state index in [1.54, 1.807) is 12.1 Å². The van der Waals surface area contributed by atoms with Gasteiger partial charge in [-0.1, -0.05) is 24.4 Å². The molecular weight excluding hydrogens is 289 g/mol. The molecule has 2 atom stereocenters. The van der Waals surface area contributed by atoms with Gasteiger partial charge in [-0.25, -0.2) is 4.39 Å². The number of carbonyl (C=O) groups is 1. The van der Waals surface area contributed by atoms with Gasteiger partial charge < -0.3 is 11.1 Å². The lowest BCUT2D eigenvalue weighted by Gasteiger charge is -2.35. The fraction of sp³-hybridized carbons (Fsp3) is 0.467. The average molecular weight is 307 g/mol. The monoisotopic (exact) mass is 307 g/mol. The number of hydrogen-bond acceptors (Lipinski definition) is 3. The SMILES string of the molecule is NC(=S)c1ccc(CN2CCCC3C(=O)NCC32)c(F)c1. The number of nitrogens with one attached hydrogen (secondary N) is 1. The number of piperidine rings is 1. The van der Waals surface area contributed by atoms with Gasteiger partial charge in [0, 0.05) is 30.3 Å². The third-order valence-electron chi connectivity index (χ3n) is 4.43. The Balaban J connectivity index is 1.77. The van der Waals surface area contributed by atoms with Gasteiger partial charge in [0.15, 0.2) is 0 Å². The van der Waals surface area contributed by atoms with Crippen molar-refractivity contribution in [3.8, 4) is 0 Å². The van der Waals surface area contributed by atoms with Crippen molar-refractivity contribution >= 4 is 23.1 Å². The Morgan fingerprint density at radius 3 is 3.05 bits per heavy atom. The van der Waals surface area contributed by atoms with Crippen molar-refractivity contribution in [3.05, 3.63) is 35.1 Å². The molecule has 2 saturated heterocycles. The van der Waals surface area contributed by atoms with E-state index in [1.807, 2.05) is 0 Å². The van der Waals surface area contributed by atoms with Gasteiger partial charge in [-0.15, -0.1) is 0 Å². The lowest BCUT2D eigenvalue weighted by atomic mass is 9.91. The number of hydrogen-bond donors (Lipinski definition) is 2. The van der Waals surface area contributed by atoms with Gasteiger partial charge in [0.1, 0.15) is 10.8 Å². The fourth-order valence-corrected chi connectivity index (χ4v) is 3.41. The number of carbonyl (C=O) groups excluding carboxylic acids is 1. The van der Waals surface area contributed by atoms with Crippen LogP contribution in [0.25, 0.3) is 0 Å². The molecule has 4 nitrogen and oxygen atoms in total. The van der Waals surface area contributed by atoms with Gasteiger partial charge >= 0.3 is 0 Å². The average Bonchev–Trinajstić information content (AvgIpc) is 2.84. The Morgan fingerprint density at radius 1 is 1.52 bits per heavy atom. The number of thiocarbonyl (C=S) groups is 1. The van der Waals surface area contributed by atoms with Gasteiger partial charge in [-0.3, -0.25) is 9.69 Å². The Morgan fingerprint density at radius 2 is 2.33 bits per heavy atom. The van der Waals surface area contributed by atoms with Crippen LogP contribution in [0.5, 0.6) is 0 Å². The molecule has 21 heavy (non-hydrogen) atoms. The maximum absolute atomic E-state index is 14.2. The third kappa shape index (κ3) is 2.78. The van der Waals surface area contributed by atoms with Crippen molar-refractivity contribution in [2.24, 2.45) is 11.7 Å². The summed E-state index contributed by atoms with van der Waals surface area (Å²) >= 11 is 4.86. The third-order valence-corrected chi connectivity index (χ3v) is 4.66. The predicted octanol–water partition coefficient (Wildman–Crippen LogP) is 1.17. The van der Waals surface area contributed by atoms with Gasteiger partial charge in [-0.2, -0.15) is 0 Å². The Bertz CT molecular complexity index is 592. The highest BCUT2D eigenvalue weighted by Gasteiger charge is 2.40. The summed E-state index contributed by atoms with van der Waals surface area (Å²) in [6.45, 7) is 2.07. The van der Waals surface area contributed by atoms with Crippen LogP contribution in [-0.4, -0.2) is 34.9 Å². The molecule has 2 fully saturated rings. The molecule has 1 aromatic rings. The number of halogens is 1. The molecule has 3 rings (SSSR count). The molecule has 2 unspecified atom stereocenters. The van der Waals surface area contributed by atoms with Crippen LogP contribution in [0.2, 0.25) is 0 Å². The van der Waals surface area contributed by atoms with E-state index in [9.17, 15) is 9.18 Å². The molecule has 0 bridgehead atoms. The quantitative estimate of drug-likeness (QED) is 0.823. The van der Waals surface area contributed by atoms with Crippen molar-refractivity contribution in [1.29, 1.82) is 0 Å². The molecule has 1 aromatic carbocycles. The van der Waals surface area contributed by atoms with Crippen molar-refractivity contribution < 1.29 is 9.18 Å². The highest BCUT2D eigenvalue weighted by atomic mass is 32.1. The van der Waals surface area contributed by atoms with E-state index in [-0.39, 0.29) is 28.7 Å². The van der Waals surface area contributed by atoms with Gasteiger partial charge in [0.05, 0.1) is 5.92 Å². The first-order valence-corrected chi connectivity index (χ1v) is 7.57. The predicted molar refractivity (Wildman–Crippen MR) is 82.2 cm³/mol. The fourth-order valence-electron chi connectivity index (χ4n) is 3.28. The summed E-state index contributed by atoms with van der Waals surface area (Å²) in [7, 11) is 0. The first kappa shape index (κ1) is 14.4. The highest BCUT2D eigenvalue weighted by molar-refractivity contribution is 7.80. The van der Waals surface area contributed by atoms with Crippen molar-refractivity contribution in [2.45, 2.75) is 25.4 Å². The first-order chi connectivity index (χ1) is 10.1. The van der Waals surface area contributed by atoms with E-state index in [4.69, 9.17) is 18.0 Å². The molecular formula is C15H18FN3OS. The summed E-state index contributed by atoms with van der Waals surface area (Å²) in [6, 6.07) is 5.05. The molecule has 2 aliphatic rings. The summed E-state index contributed by atoms with van der Waals surface area (Å²) in [5.41, 5.74) is 6.67. The lowest BCUT2D eigenvalue weighted by Crippen LogP contribution is -2.45. The minimum Gasteiger partial charge on any atom is -0.389 e. The second-order valence-corrected chi connectivity index (χ2v) is 6.14. The molecule has 112 valence electrons. The lowest BCUT2D eigenvalue weighted by molar-refractivity contribution is -0.124. The molecule has 0 saturated carbocycles. The molecule has 3 N–H and O–H groups in total. The van der Waals surface area contributed by atoms with E-state index < -0.39 is 0 Å². The molecule has 0 radical (unpaired) electrons. The van der Waals surface area contributed by atoms with Crippen molar-refractivity contribution in [2.75, 3.05) is 13.1 Å². The highest BCUT2D eigenvalue weighted by Crippen LogP contribution is 2.29. The maximum Gasteiger partial charge on any atom is 0.224 e. The number of likely N-dealkylation sites (tertiary alicyclic amines) is 1. The number of nitrogens with zero attached hydrogens (tertiary/aromatic N) is 1. The Kier molecular flexibility index (Phi) is 3.91. The van der Waals surface area contributed by atoms with Crippen LogP contribution in [0.3, 0.4) is 0 Å². The maximum atomic E-state index is 14.2. The van der Waals surface area contributed by atoms with E-state index in [0.717, 1.165) is 19.4 Å². The van der Waals surface area contributed by atoms with E-state index in [1.165, 1.54) is 6.07 Å². The van der Waals surface area contributed by atoms with Crippen molar-refractivity contribution in [1.82, 2.24) is 10.2 Å². The van der Waals surface area contributed by atoms with Crippen LogP contribution < -0.4 is 11.1 Å². The zero-order valence-electron chi connectivity index (χ0n) is 11.6. The smallest absolute Gasteiger partial charge is 0.224 e. The zero-order chi connectivity index (χ0) is 15.0. The summed E-state index contributed by atoms with van der Waals surface area (Å²) in [6.07, 6.45) is 1.90. The Labute approximate surface area is 128 Å². The van der Waals surface area contributed by atoms with E-state index >= 15 is 0 Å². The number of nitrogens with two attached hydrogens (primary N) is 1. The van der Waals surface area contributed by atoms with Crippen LogP contribution in [-0.2, 0) is 11.3 Å². The van der Waals surface area contributed by atoms with Gasteiger partial charge in [-0.05, 0) is 25.5 Å². The van der Waals surface area contributed by atoms with Crippen LogP contribution in [0.4, 0.5) is 4.39 Å². The van der Waals surface area contributed by atoms with Crippen LogP contribution in [0.15, 0.2) is 18.2 Å². The minimum atomic E-state index is -0.292. The van der Waals surface area contributed by atoms with Crippen LogP contribution in [0.1, 0.15) is 24.0 Å². The van der Waals surface area contributed by atoms with E-state index in [2.05, 4.69) is 10.2 Å². The number of fused-ring (bicyclic) bond motifs is 1. The molecule has 2 heterocycles. The standard InChI is InChI=1S/C15H18FN3OS/c16-12-6-9(14(17)21)3-4-10(12)8-19-5-1-2-11-13(19)7-18-15(11)20/h3-4,6,11,13H,1-2,5,7-8H2,(H2,17,21)(H,18,20). The number of benzene rings is 1. The molecule has 0 aliphatic carbocycles. The Hall–Kier alpha value is -1.53. The van der Waals surface area contributed by atoms with E-state index in [0.29, 0.717) is 24.2 Å². The largest absolute Gasteiger partial charge is 0.389 e. The molecule has 1 amide bonds. The normalized spacial score (nSPS) is 25.5. The summed E-state index contributed by atoms with van der Waals surface area (Å²) < 4.78 is 14.2. The number of amides is 1. The molecule has 2 aliphatic heterocycles. The molecule has 0 aromatic heterocycles. The van der Waals surface area contributed by atoms with Crippen LogP contribution >= 0.6 is 12.2 Å². The second-order valence-electron chi connectivity index (χ2n) is 5.70. The second kappa shape index (κ2) is 5.69. The summed E-state index contributed by atoms with van der Waals surface area (Å²) in [5.74, 6) is -0.105. The molecule has 6 heteroatoms. The van der Waals surface area contributed by atoms with Crippen molar-refractivity contribution in [3.63, 3.8) is 0 Å².